The van der Waals surface area contributed by atoms with Gasteiger partial charge in [0.25, 0.3) is 0 Å². The largest absolute Gasteiger partial charge is 0.472 e. The van der Waals surface area contributed by atoms with Crippen LogP contribution in [0.1, 0.15) is 15.9 Å². The zero-order chi connectivity index (χ0) is 10.8. The van der Waals surface area contributed by atoms with Gasteiger partial charge >= 0.3 is 0 Å². The molecule has 2 nitrogen and oxygen atoms in total. The molecule has 0 fully saturated rings. The van der Waals surface area contributed by atoms with Crippen LogP contribution in [0.15, 0.2) is 45.7 Å². The van der Waals surface area contributed by atoms with Gasteiger partial charge in [-0.25, -0.2) is 0 Å². The van der Waals surface area contributed by atoms with Crippen LogP contribution in [0.4, 0.5) is 0 Å². The van der Waals surface area contributed by atoms with Gasteiger partial charge in [0.05, 0.1) is 11.8 Å². The van der Waals surface area contributed by atoms with E-state index in [1.165, 1.54) is 12.5 Å². The van der Waals surface area contributed by atoms with Gasteiger partial charge in [-0.2, -0.15) is 0 Å². The summed E-state index contributed by atoms with van der Waals surface area (Å²) in [5.41, 5.74) is 1.10. The topological polar surface area (TPSA) is 30.2 Å². The average molecular weight is 286 g/mol. The lowest BCUT2D eigenvalue weighted by Crippen LogP contribution is -2.00. The van der Waals surface area contributed by atoms with Crippen LogP contribution < -0.4 is 0 Å². The zero-order valence-corrected chi connectivity index (χ0v) is 9.88. The van der Waals surface area contributed by atoms with E-state index in [9.17, 15) is 4.79 Å². The fourth-order valence-corrected chi connectivity index (χ4v) is 2.09. The van der Waals surface area contributed by atoms with Gasteiger partial charge in [-0.1, -0.05) is 11.6 Å². The first-order valence-electron chi connectivity index (χ1n) is 4.20. The van der Waals surface area contributed by atoms with E-state index in [2.05, 4.69) is 15.9 Å². The number of hydrogen-bond acceptors (Lipinski definition) is 2. The molecule has 0 spiro atoms. The molecule has 4 heteroatoms. The van der Waals surface area contributed by atoms with Crippen LogP contribution in [0.2, 0.25) is 5.02 Å². The van der Waals surface area contributed by atoms with Crippen molar-refractivity contribution in [3.05, 3.63) is 57.4 Å². The molecule has 1 aromatic carbocycles. The molecule has 2 aromatic rings. The Labute approximate surface area is 100.0 Å². The van der Waals surface area contributed by atoms with Gasteiger partial charge < -0.3 is 4.42 Å². The highest BCUT2D eigenvalue weighted by atomic mass is 79.9. The molecule has 0 aliphatic carbocycles. The predicted octanol–water partition coefficient (Wildman–Crippen LogP) is 3.93. The van der Waals surface area contributed by atoms with Crippen molar-refractivity contribution in [2.24, 2.45) is 0 Å². The monoisotopic (exact) mass is 284 g/mol. The lowest BCUT2D eigenvalue weighted by atomic mass is 10.1. The van der Waals surface area contributed by atoms with Crippen molar-refractivity contribution in [2.45, 2.75) is 0 Å². The van der Waals surface area contributed by atoms with E-state index in [1.54, 1.807) is 24.3 Å². The summed E-state index contributed by atoms with van der Waals surface area (Å²) >= 11 is 9.08. The van der Waals surface area contributed by atoms with Crippen molar-refractivity contribution in [3.63, 3.8) is 0 Å². The van der Waals surface area contributed by atoms with Crippen molar-refractivity contribution < 1.29 is 9.21 Å². The number of carbonyl (C=O) groups is 1. The third-order valence-electron chi connectivity index (χ3n) is 1.96. The van der Waals surface area contributed by atoms with Crippen molar-refractivity contribution in [3.8, 4) is 0 Å². The van der Waals surface area contributed by atoms with Crippen LogP contribution in [0.5, 0.6) is 0 Å². The SMILES string of the molecule is O=C(c1ccoc1)c1ccc(Cl)cc1Br. The molecule has 0 saturated carbocycles. The molecule has 0 amide bonds. The minimum Gasteiger partial charge on any atom is -0.472 e. The molecule has 0 saturated heterocycles. The molecule has 0 unspecified atom stereocenters. The van der Waals surface area contributed by atoms with Crippen LogP contribution in [0.25, 0.3) is 0 Å². The first-order chi connectivity index (χ1) is 7.18. The predicted molar refractivity (Wildman–Crippen MR) is 61.3 cm³/mol. The van der Waals surface area contributed by atoms with Crippen LogP contribution in [0, 0.1) is 0 Å². The van der Waals surface area contributed by atoms with Crippen molar-refractivity contribution in [1.82, 2.24) is 0 Å². The van der Waals surface area contributed by atoms with Crippen LogP contribution in [-0.2, 0) is 0 Å². The number of carbonyl (C=O) groups excluding carboxylic acids is 1. The first-order valence-corrected chi connectivity index (χ1v) is 5.37. The van der Waals surface area contributed by atoms with Gasteiger partial charge in [-0.15, -0.1) is 0 Å². The van der Waals surface area contributed by atoms with Crippen LogP contribution in [-0.4, -0.2) is 5.78 Å². The summed E-state index contributed by atoms with van der Waals surface area (Å²) in [5.74, 6) is -0.0905. The summed E-state index contributed by atoms with van der Waals surface area (Å²) in [6.07, 6.45) is 2.89. The Morgan fingerprint density at radius 2 is 2.13 bits per heavy atom. The molecule has 76 valence electrons. The smallest absolute Gasteiger partial charge is 0.197 e. The number of furan rings is 1. The number of benzene rings is 1. The van der Waals surface area contributed by atoms with Gasteiger partial charge in [-0.3, -0.25) is 4.79 Å². The molecule has 0 N–H and O–H groups in total. The molecule has 1 heterocycles. The fraction of sp³-hybridized carbons (Fsp3) is 0. The van der Waals surface area contributed by atoms with Gasteiger partial charge in [0.1, 0.15) is 6.26 Å². The molecule has 0 aliphatic rings. The Morgan fingerprint density at radius 1 is 1.33 bits per heavy atom. The summed E-state index contributed by atoms with van der Waals surface area (Å²) in [4.78, 5) is 11.9. The standard InChI is InChI=1S/C11H6BrClO2/c12-10-5-8(13)1-2-9(10)11(14)7-3-4-15-6-7/h1-6H. The van der Waals surface area contributed by atoms with E-state index in [0.717, 1.165) is 0 Å². The summed E-state index contributed by atoms with van der Waals surface area (Å²) in [5, 5.41) is 0.589. The fourth-order valence-electron chi connectivity index (χ4n) is 1.22. The molecule has 0 atom stereocenters. The van der Waals surface area contributed by atoms with E-state index in [4.69, 9.17) is 16.0 Å². The molecule has 0 aliphatic heterocycles. The number of rotatable bonds is 2. The first kappa shape index (κ1) is 10.5. The Bertz CT molecular complexity index is 491. The number of halogens is 2. The third kappa shape index (κ3) is 2.13. The average Bonchev–Trinajstić information content (AvgIpc) is 2.69. The lowest BCUT2D eigenvalue weighted by molar-refractivity contribution is 0.103. The Kier molecular flexibility index (Phi) is 2.93. The maximum Gasteiger partial charge on any atom is 0.197 e. The minimum absolute atomic E-state index is 0.0905. The summed E-state index contributed by atoms with van der Waals surface area (Å²) in [6.45, 7) is 0. The molecular formula is C11H6BrClO2. The van der Waals surface area contributed by atoms with E-state index >= 15 is 0 Å². The normalized spacial score (nSPS) is 10.3. The van der Waals surface area contributed by atoms with Gasteiger partial charge in [0.15, 0.2) is 5.78 Å². The highest BCUT2D eigenvalue weighted by Gasteiger charge is 2.13. The minimum atomic E-state index is -0.0905. The molecule has 1 aromatic heterocycles. The second kappa shape index (κ2) is 4.21. The highest BCUT2D eigenvalue weighted by Crippen LogP contribution is 2.23. The van der Waals surface area contributed by atoms with Crippen molar-refractivity contribution in [1.29, 1.82) is 0 Å². The van der Waals surface area contributed by atoms with Gasteiger partial charge in [0.2, 0.25) is 0 Å². The lowest BCUT2D eigenvalue weighted by Gasteiger charge is -2.01. The Morgan fingerprint density at radius 3 is 2.73 bits per heavy atom. The summed E-state index contributed by atoms with van der Waals surface area (Å²) in [6, 6.07) is 6.68. The van der Waals surface area contributed by atoms with E-state index in [0.29, 0.717) is 20.6 Å². The van der Waals surface area contributed by atoms with Crippen molar-refractivity contribution >= 4 is 33.3 Å². The van der Waals surface area contributed by atoms with E-state index in [-0.39, 0.29) is 5.78 Å². The van der Waals surface area contributed by atoms with Gasteiger partial charge in [0, 0.05) is 15.1 Å². The van der Waals surface area contributed by atoms with Crippen LogP contribution in [0.3, 0.4) is 0 Å². The highest BCUT2D eigenvalue weighted by molar-refractivity contribution is 9.10. The maximum atomic E-state index is 11.9. The Balaban J connectivity index is 2.42. The second-order valence-corrected chi connectivity index (χ2v) is 4.26. The molecule has 2 rings (SSSR count). The quantitative estimate of drug-likeness (QED) is 0.783. The Hall–Kier alpha value is -1.06. The van der Waals surface area contributed by atoms with E-state index < -0.39 is 0 Å². The summed E-state index contributed by atoms with van der Waals surface area (Å²) < 4.78 is 5.54. The number of ketones is 1. The molecule has 15 heavy (non-hydrogen) atoms. The molecular weight excluding hydrogens is 279 g/mol. The second-order valence-electron chi connectivity index (χ2n) is 2.97. The zero-order valence-electron chi connectivity index (χ0n) is 7.54. The van der Waals surface area contributed by atoms with Gasteiger partial charge in [-0.05, 0) is 40.2 Å². The van der Waals surface area contributed by atoms with E-state index in [1.807, 2.05) is 0 Å². The summed E-state index contributed by atoms with van der Waals surface area (Å²) in [7, 11) is 0. The maximum absolute atomic E-state index is 11.9. The molecule has 0 radical (unpaired) electrons. The molecule has 0 bridgehead atoms. The number of hydrogen-bond donors (Lipinski definition) is 0. The third-order valence-corrected chi connectivity index (χ3v) is 2.85. The van der Waals surface area contributed by atoms with Crippen LogP contribution >= 0.6 is 27.5 Å². The van der Waals surface area contributed by atoms with Crippen molar-refractivity contribution in [2.75, 3.05) is 0 Å².